The van der Waals surface area contributed by atoms with Crippen LogP contribution < -0.4 is 14.8 Å². The predicted molar refractivity (Wildman–Crippen MR) is 108 cm³/mol. The van der Waals surface area contributed by atoms with Crippen molar-refractivity contribution in [3.63, 3.8) is 0 Å². The molecule has 0 bridgehead atoms. The molecule has 2 aromatic carbocycles. The number of amides is 1. The monoisotopic (exact) mass is 419 g/mol. The molecule has 0 saturated heterocycles. The molecule has 0 aliphatic rings. The van der Waals surface area contributed by atoms with E-state index in [4.69, 9.17) is 9.47 Å². The van der Waals surface area contributed by atoms with Crippen LogP contribution in [0.25, 0.3) is 0 Å². The Morgan fingerprint density at radius 2 is 1.81 bits per heavy atom. The van der Waals surface area contributed by atoms with E-state index in [1.165, 1.54) is 5.56 Å². The average Bonchev–Trinajstić information content (AvgIpc) is 2.58. The molecule has 0 heterocycles. The molecule has 2 aromatic rings. The van der Waals surface area contributed by atoms with E-state index < -0.39 is 0 Å². The molecule has 26 heavy (non-hydrogen) atoms. The highest BCUT2D eigenvalue weighted by molar-refractivity contribution is 9.10. The van der Waals surface area contributed by atoms with Crippen LogP contribution in [-0.4, -0.2) is 25.7 Å². The summed E-state index contributed by atoms with van der Waals surface area (Å²) < 4.78 is 12.1. The maximum Gasteiger partial charge on any atom is 0.258 e. The summed E-state index contributed by atoms with van der Waals surface area (Å²) in [5.74, 6) is 1.32. The summed E-state index contributed by atoms with van der Waals surface area (Å²) >= 11 is 3.51. The molecule has 0 saturated carbocycles. The lowest BCUT2D eigenvalue weighted by molar-refractivity contribution is -0.123. The molecule has 0 spiro atoms. The van der Waals surface area contributed by atoms with Crippen LogP contribution in [-0.2, 0) is 10.2 Å². The summed E-state index contributed by atoms with van der Waals surface area (Å²) in [5, 5.41) is 2.79. The molecular weight excluding hydrogens is 394 g/mol. The third-order valence-electron chi connectivity index (χ3n) is 3.93. The zero-order valence-corrected chi connectivity index (χ0v) is 17.4. The van der Waals surface area contributed by atoms with Crippen molar-refractivity contribution >= 4 is 21.8 Å². The highest BCUT2D eigenvalue weighted by atomic mass is 79.9. The van der Waals surface area contributed by atoms with E-state index >= 15 is 0 Å². The van der Waals surface area contributed by atoms with Gasteiger partial charge in [-0.3, -0.25) is 4.79 Å². The van der Waals surface area contributed by atoms with Gasteiger partial charge >= 0.3 is 0 Å². The second-order valence-electron chi connectivity index (χ2n) is 7.15. The molecule has 0 radical (unpaired) electrons. The first-order chi connectivity index (χ1) is 12.3. The first-order valence-electron chi connectivity index (χ1n) is 8.65. The van der Waals surface area contributed by atoms with Gasteiger partial charge in [0, 0.05) is 0 Å². The number of nitrogens with one attached hydrogen (secondary N) is 1. The summed E-state index contributed by atoms with van der Waals surface area (Å²) in [5.41, 5.74) is 2.34. The summed E-state index contributed by atoms with van der Waals surface area (Å²) in [6, 6.07) is 13.7. The molecule has 140 valence electrons. The second kappa shape index (κ2) is 9.08. The molecule has 0 aromatic heterocycles. The van der Waals surface area contributed by atoms with Gasteiger partial charge in [0.1, 0.15) is 18.1 Å². The molecule has 5 heteroatoms. The van der Waals surface area contributed by atoms with E-state index in [0.717, 1.165) is 15.8 Å². The molecule has 1 N–H and O–H groups in total. The summed E-state index contributed by atoms with van der Waals surface area (Å²) in [7, 11) is 0. The SMILES string of the molecule is Cc1ccccc1OCCNC(=O)COc1ccc(C(C)(C)C)cc1Br. The Bertz CT molecular complexity index is 753. The van der Waals surface area contributed by atoms with Gasteiger partial charge in [0.15, 0.2) is 6.61 Å². The van der Waals surface area contributed by atoms with Crippen molar-refractivity contribution in [1.29, 1.82) is 0 Å². The third-order valence-corrected chi connectivity index (χ3v) is 4.55. The minimum absolute atomic E-state index is 0.0299. The van der Waals surface area contributed by atoms with Crippen LogP contribution in [0, 0.1) is 6.92 Å². The van der Waals surface area contributed by atoms with Gasteiger partial charge in [-0.25, -0.2) is 0 Å². The standard InChI is InChI=1S/C21H26BrNO3/c1-15-7-5-6-8-18(15)25-12-11-23-20(24)14-26-19-10-9-16(13-17(19)22)21(2,3)4/h5-10,13H,11-12,14H2,1-4H3,(H,23,24). The van der Waals surface area contributed by atoms with E-state index in [1.54, 1.807) is 0 Å². The van der Waals surface area contributed by atoms with Gasteiger partial charge in [0.2, 0.25) is 0 Å². The largest absolute Gasteiger partial charge is 0.491 e. The molecule has 0 aliphatic heterocycles. The Labute approximate surface area is 164 Å². The Kier molecular flexibility index (Phi) is 7.09. The first kappa shape index (κ1) is 20.3. The van der Waals surface area contributed by atoms with Crippen LogP contribution in [0.4, 0.5) is 0 Å². The van der Waals surface area contributed by atoms with Crippen LogP contribution in [0.15, 0.2) is 46.9 Å². The van der Waals surface area contributed by atoms with Crippen LogP contribution in [0.2, 0.25) is 0 Å². The van der Waals surface area contributed by atoms with Crippen LogP contribution >= 0.6 is 15.9 Å². The zero-order chi connectivity index (χ0) is 19.2. The molecule has 2 rings (SSSR count). The van der Waals surface area contributed by atoms with Crippen LogP contribution in [0.5, 0.6) is 11.5 Å². The molecule has 1 amide bonds. The third kappa shape index (κ3) is 6.06. The van der Waals surface area contributed by atoms with Crippen molar-refractivity contribution in [2.24, 2.45) is 0 Å². The normalized spacial score (nSPS) is 11.1. The summed E-state index contributed by atoms with van der Waals surface area (Å²) in [4.78, 5) is 11.9. The number of hydrogen-bond acceptors (Lipinski definition) is 3. The summed E-state index contributed by atoms with van der Waals surface area (Å²) in [6.45, 7) is 9.27. The number of aryl methyl sites for hydroxylation is 1. The van der Waals surface area contributed by atoms with E-state index in [-0.39, 0.29) is 17.9 Å². The Morgan fingerprint density at radius 3 is 2.46 bits per heavy atom. The van der Waals surface area contributed by atoms with E-state index in [2.05, 4.69) is 42.0 Å². The number of para-hydroxylation sites is 1. The maximum absolute atomic E-state index is 11.9. The molecular formula is C21H26BrNO3. The number of benzene rings is 2. The second-order valence-corrected chi connectivity index (χ2v) is 8.00. The van der Waals surface area contributed by atoms with E-state index in [1.807, 2.05) is 49.4 Å². The Hall–Kier alpha value is -2.01. The van der Waals surface area contributed by atoms with Crippen molar-refractivity contribution in [2.45, 2.75) is 33.1 Å². The smallest absolute Gasteiger partial charge is 0.258 e. The predicted octanol–water partition coefficient (Wildman–Crippen LogP) is 4.63. The fourth-order valence-electron chi connectivity index (χ4n) is 2.35. The van der Waals surface area contributed by atoms with Gasteiger partial charge < -0.3 is 14.8 Å². The van der Waals surface area contributed by atoms with Crippen molar-refractivity contribution in [1.82, 2.24) is 5.32 Å². The minimum atomic E-state index is -0.176. The van der Waals surface area contributed by atoms with E-state index in [0.29, 0.717) is 18.9 Å². The number of hydrogen-bond donors (Lipinski definition) is 1. The van der Waals surface area contributed by atoms with Crippen molar-refractivity contribution in [3.8, 4) is 11.5 Å². The molecule has 0 atom stereocenters. The molecule has 0 aliphatic carbocycles. The zero-order valence-electron chi connectivity index (χ0n) is 15.8. The Morgan fingerprint density at radius 1 is 1.08 bits per heavy atom. The summed E-state index contributed by atoms with van der Waals surface area (Å²) in [6.07, 6.45) is 0. The number of carbonyl (C=O) groups is 1. The van der Waals surface area contributed by atoms with Gasteiger partial charge in [-0.15, -0.1) is 0 Å². The van der Waals surface area contributed by atoms with Gasteiger partial charge in [0.25, 0.3) is 5.91 Å². The molecule has 4 nitrogen and oxygen atoms in total. The number of rotatable bonds is 7. The van der Waals surface area contributed by atoms with E-state index in [9.17, 15) is 4.79 Å². The van der Waals surface area contributed by atoms with Crippen LogP contribution in [0.3, 0.4) is 0 Å². The number of ether oxygens (including phenoxy) is 2. The first-order valence-corrected chi connectivity index (χ1v) is 9.44. The average molecular weight is 420 g/mol. The fraction of sp³-hybridized carbons (Fsp3) is 0.381. The van der Waals surface area contributed by atoms with Gasteiger partial charge in [-0.1, -0.05) is 45.0 Å². The maximum atomic E-state index is 11.9. The molecule has 0 fully saturated rings. The fourth-order valence-corrected chi connectivity index (χ4v) is 2.84. The lowest BCUT2D eigenvalue weighted by atomic mass is 9.87. The van der Waals surface area contributed by atoms with Crippen LogP contribution in [0.1, 0.15) is 31.9 Å². The quantitative estimate of drug-likeness (QED) is 0.665. The highest BCUT2D eigenvalue weighted by Crippen LogP contribution is 2.31. The highest BCUT2D eigenvalue weighted by Gasteiger charge is 2.15. The number of halogens is 1. The van der Waals surface area contributed by atoms with Gasteiger partial charge in [0.05, 0.1) is 11.0 Å². The van der Waals surface area contributed by atoms with Gasteiger partial charge in [-0.2, -0.15) is 0 Å². The topological polar surface area (TPSA) is 47.6 Å². The van der Waals surface area contributed by atoms with Crippen molar-refractivity contribution < 1.29 is 14.3 Å². The lowest BCUT2D eigenvalue weighted by Gasteiger charge is -2.20. The Balaban J connectivity index is 1.74. The lowest BCUT2D eigenvalue weighted by Crippen LogP contribution is -2.32. The minimum Gasteiger partial charge on any atom is -0.491 e. The van der Waals surface area contributed by atoms with Crippen molar-refractivity contribution in [3.05, 3.63) is 58.1 Å². The molecule has 0 unspecified atom stereocenters. The number of carbonyl (C=O) groups excluding carboxylic acids is 1. The van der Waals surface area contributed by atoms with Crippen molar-refractivity contribution in [2.75, 3.05) is 19.8 Å². The van der Waals surface area contributed by atoms with Gasteiger partial charge in [-0.05, 0) is 57.6 Å².